The standard InChI is InChI=1S/C28H25N5O2S/c1-32-12-14-33(15-13-32)23-18-30-27(36-21-9-7-19-8-10-26(34)31-22(19)16-21)17-25(23)35-24-6-2-4-20-5-3-11-29-28(20)24/h2-11,16-18H,12-15H2,1H3,(H,31,34). The third-order valence-corrected chi connectivity index (χ3v) is 7.32. The smallest absolute Gasteiger partial charge is 0.248 e. The minimum atomic E-state index is -0.112. The summed E-state index contributed by atoms with van der Waals surface area (Å²) in [5, 5.41) is 2.84. The van der Waals surface area contributed by atoms with E-state index in [4.69, 9.17) is 9.72 Å². The summed E-state index contributed by atoms with van der Waals surface area (Å²) in [7, 11) is 2.14. The molecule has 0 aliphatic carbocycles. The van der Waals surface area contributed by atoms with Gasteiger partial charge in [-0.2, -0.15) is 0 Å². The van der Waals surface area contributed by atoms with Gasteiger partial charge in [0.2, 0.25) is 5.56 Å². The molecule has 1 fully saturated rings. The molecule has 2 aromatic carbocycles. The molecule has 0 amide bonds. The Morgan fingerprint density at radius 3 is 2.61 bits per heavy atom. The van der Waals surface area contributed by atoms with Crippen molar-refractivity contribution < 1.29 is 4.74 Å². The summed E-state index contributed by atoms with van der Waals surface area (Å²) in [5.74, 6) is 1.47. The fourth-order valence-electron chi connectivity index (χ4n) is 4.42. The summed E-state index contributed by atoms with van der Waals surface area (Å²) in [6.07, 6.45) is 3.69. The van der Waals surface area contributed by atoms with Crippen molar-refractivity contribution in [1.82, 2.24) is 19.9 Å². The predicted molar refractivity (Wildman–Crippen MR) is 144 cm³/mol. The number of ether oxygens (including phenoxy) is 1. The second-order valence-electron chi connectivity index (χ2n) is 8.89. The van der Waals surface area contributed by atoms with E-state index in [1.54, 1.807) is 12.3 Å². The highest BCUT2D eigenvalue weighted by Gasteiger charge is 2.20. The largest absolute Gasteiger partial charge is 0.453 e. The minimum absolute atomic E-state index is 0.112. The Morgan fingerprint density at radius 1 is 0.889 bits per heavy atom. The highest BCUT2D eigenvalue weighted by atomic mass is 32.2. The highest BCUT2D eigenvalue weighted by Crippen LogP contribution is 2.39. The van der Waals surface area contributed by atoms with Gasteiger partial charge in [0.15, 0.2) is 11.5 Å². The van der Waals surface area contributed by atoms with Gasteiger partial charge < -0.3 is 19.5 Å². The molecule has 180 valence electrons. The lowest BCUT2D eigenvalue weighted by molar-refractivity contribution is 0.311. The lowest BCUT2D eigenvalue weighted by atomic mass is 10.2. The number of pyridine rings is 3. The quantitative estimate of drug-likeness (QED) is 0.361. The van der Waals surface area contributed by atoms with Crippen LogP contribution >= 0.6 is 11.8 Å². The molecule has 1 aliphatic heterocycles. The first-order valence-corrected chi connectivity index (χ1v) is 12.7. The fourth-order valence-corrected chi connectivity index (χ4v) is 5.25. The van der Waals surface area contributed by atoms with Crippen LogP contribution in [0.2, 0.25) is 0 Å². The molecule has 0 unspecified atom stereocenters. The van der Waals surface area contributed by atoms with Crippen molar-refractivity contribution in [2.45, 2.75) is 9.92 Å². The van der Waals surface area contributed by atoms with Gasteiger partial charge in [-0.15, -0.1) is 0 Å². The van der Waals surface area contributed by atoms with Crippen LogP contribution in [0, 0.1) is 0 Å². The Bertz CT molecular complexity index is 1610. The van der Waals surface area contributed by atoms with Crippen molar-refractivity contribution in [3.05, 3.63) is 89.5 Å². The van der Waals surface area contributed by atoms with E-state index in [0.29, 0.717) is 5.75 Å². The molecular formula is C28H25N5O2S. The summed E-state index contributed by atoms with van der Waals surface area (Å²) in [5.41, 5.74) is 2.50. The molecular weight excluding hydrogens is 470 g/mol. The van der Waals surface area contributed by atoms with Gasteiger partial charge in [0, 0.05) is 60.3 Å². The Balaban J connectivity index is 1.37. The number of H-pyrrole nitrogens is 1. The van der Waals surface area contributed by atoms with Gasteiger partial charge in [-0.3, -0.25) is 9.78 Å². The number of hydrogen-bond acceptors (Lipinski definition) is 7. The molecule has 0 bridgehead atoms. The van der Waals surface area contributed by atoms with Gasteiger partial charge in [0.25, 0.3) is 0 Å². The van der Waals surface area contributed by atoms with Gasteiger partial charge in [-0.05, 0) is 42.8 Å². The van der Waals surface area contributed by atoms with E-state index < -0.39 is 0 Å². The first kappa shape index (κ1) is 22.6. The molecule has 5 aromatic rings. The van der Waals surface area contributed by atoms with Gasteiger partial charge in [-0.25, -0.2) is 4.98 Å². The van der Waals surface area contributed by atoms with E-state index in [1.165, 1.54) is 11.8 Å². The number of piperazine rings is 1. The summed E-state index contributed by atoms with van der Waals surface area (Å²) < 4.78 is 6.55. The van der Waals surface area contributed by atoms with Gasteiger partial charge >= 0.3 is 0 Å². The van der Waals surface area contributed by atoms with E-state index in [2.05, 4.69) is 26.8 Å². The average molecular weight is 496 g/mol. The second kappa shape index (κ2) is 9.64. The molecule has 6 rings (SSSR count). The van der Waals surface area contributed by atoms with Crippen LogP contribution in [0.4, 0.5) is 5.69 Å². The van der Waals surface area contributed by atoms with E-state index >= 15 is 0 Å². The fraction of sp³-hybridized carbons (Fsp3) is 0.179. The maximum atomic E-state index is 11.8. The van der Waals surface area contributed by atoms with Crippen molar-refractivity contribution in [3.8, 4) is 11.5 Å². The summed E-state index contributed by atoms with van der Waals surface area (Å²) in [6, 6.07) is 21.3. The number of aromatic nitrogens is 3. The van der Waals surface area contributed by atoms with Gasteiger partial charge in [0.05, 0.1) is 11.9 Å². The number of nitrogens with one attached hydrogen (secondary N) is 1. The summed E-state index contributed by atoms with van der Waals surface area (Å²) in [6.45, 7) is 3.79. The topological polar surface area (TPSA) is 74.3 Å². The van der Waals surface area contributed by atoms with E-state index in [9.17, 15) is 4.79 Å². The molecule has 0 radical (unpaired) electrons. The van der Waals surface area contributed by atoms with Crippen LogP contribution in [-0.4, -0.2) is 53.1 Å². The van der Waals surface area contributed by atoms with Crippen LogP contribution in [-0.2, 0) is 0 Å². The molecule has 0 spiro atoms. The monoisotopic (exact) mass is 495 g/mol. The Hall–Kier alpha value is -3.88. The predicted octanol–water partition coefficient (Wildman–Crippen LogP) is 5.17. The SMILES string of the molecule is CN1CCN(c2cnc(Sc3ccc4ccc(=O)[nH]c4c3)cc2Oc2cccc3cccnc23)CC1. The second-order valence-corrected chi connectivity index (χ2v) is 9.98. The molecule has 8 heteroatoms. The molecule has 3 aromatic heterocycles. The number of likely N-dealkylation sites (N-methyl/N-ethyl adjacent to an activating group) is 1. The van der Waals surface area contributed by atoms with Gasteiger partial charge in [0.1, 0.15) is 10.5 Å². The lowest BCUT2D eigenvalue weighted by Crippen LogP contribution is -2.44. The molecule has 0 atom stereocenters. The van der Waals surface area contributed by atoms with Crippen LogP contribution in [0.3, 0.4) is 0 Å². The molecule has 1 N–H and O–H groups in total. The van der Waals surface area contributed by atoms with E-state index in [-0.39, 0.29) is 5.56 Å². The zero-order valence-electron chi connectivity index (χ0n) is 19.8. The normalized spacial score (nSPS) is 14.4. The third-order valence-electron chi connectivity index (χ3n) is 6.40. The maximum Gasteiger partial charge on any atom is 0.248 e. The summed E-state index contributed by atoms with van der Waals surface area (Å²) in [4.78, 5) is 29.6. The average Bonchev–Trinajstić information content (AvgIpc) is 2.89. The zero-order valence-corrected chi connectivity index (χ0v) is 20.7. The van der Waals surface area contributed by atoms with Crippen LogP contribution in [0.15, 0.2) is 93.8 Å². The number of rotatable bonds is 5. The molecule has 7 nitrogen and oxygen atoms in total. The number of benzene rings is 2. The van der Waals surface area contributed by atoms with Crippen molar-refractivity contribution in [3.63, 3.8) is 0 Å². The van der Waals surface area contributed by atoms with Crippen molar-refractivity contribution >= 4 is 39.3 Å². The zero-order chi connectivity index (χ0) is 24.5. The van der Waals surface area contributed by atoms with Gasteiger partial charge in [-0.1, -0.05) is 36.0 Å². The third kappa shape index (κ3) is 4.65. The van der Waals surface area contributed by atoms with Crippen LogP contribution < -0.4 is 15.2 Å². The number of aromatic amines is 1. The molecule has 4 heterocycles. The number of hydrogen-bond donors (Lipinski definition) is 1. The van der Waals surface area contributed by atoms with Crippen LogP contribution in [0.25, 0.3) is 21.8 Å². The number of fused-ring (bicyclic) bond motifs is 2. The summed E-state index contributed by atoms with van der Waals surface area (Å²) >= 11 is 1.54. The van der Waals surface area contributed by atoms with Crippen molar-refractivity contribution in [2.24, 2.45) is 0 Å². The first-order valence-electron chi connectivity index (χ1n) is 11.9. The Kier molecular flexibility index (Phi) is 6.04. The lowest BCUT2D eigenvalue weighted by Gasteiger charge is -2.34. The van der Waals surface area contributed by atoms with Crippen LogP contribution in [0.1, 0.15) is 0 Å². The molecule has 1 aliphatic rings. The minimum Gasteiger partial charge on any atom is -0.453 e. The Labute approximate surface area is 212 Å². The Morgan fingerprint density at radius 2 is 1.72 bits per heavy atom. The van der Waals surface area contributed by atoms with E-state index in [0.717, 1.165) is 69.3 Å². The maximum absolute atomic E-state index is 11.8. The molecule has 36 heavy (non-hydrogen) atoms. The van der Waals surface area contributed by atoms with Crippen LogP contribution in [0.5, 0.6) is 11.5 Å². The van der Waals surface area contributed by atoms with Crippen molar-refractivity contribution in [2.75, 3.05) is 38.1 Å². The number of para-hydroxylation sites is 1. The van der Waals surface area contributed by atoms with Crippen molar-refractivity contribution in [1.29, 1.82) is 0 Å². The molecule has 1 saturated heterocycles. The number of anilines is 1. The highest BCUT2D eigenvalue weighted by molar-refractivity contribution is 7.99. The molecule has 0 saturated carbocycles. The van der Waals surface area contributed by atoms with E-state index in [1.807, 2.05) is 66.9 Å². The first-order chi connectivity index (χ1) is 17.6. The number of nitrogens with zero attached hydrogens (tertiary/aromatic N) is 4.